The Hall–Kier alpha value is -3.18. The number of amides is 1. The average molecular weight is 457 g/mol. The van der Waals surface area contributed by atoms with E-state index in [9.17, 15) is 18.4 Å². The minimum absolute atomic E-state index is 0.00967. The van der Waals surface area contributed by atoms with Crippen LogP contribution in [0.1, 0.15) is 25.5 Å². The Morgan fingerprint density at radius 3 is 2.72 bits per heavy atom. The molecule has 164 valence electrons. The topological polar surface area (TPSA) is 59.6 Å². The van der Waals surface area contributed by atoms with Crippen LogP contribution in [-0.2, 0) is 11.3 Å². The molecule has 0 atom stereocenters. The average Bonchev–Trinajstić information content (AvgIpc) is 3.48. The molecule has 6 nitrogen and oxygen atoms in total. The second kappa shape index (κ2) is 7.45. The summed E-state index contributed by atoms with van der Waals surface area (Å²) in [6, 6.07) is 4.17. The third-order valence-corrected chi connectivity index (χ3v) is 5.93. The number of carbonyl (C=O) groups is 1. The van der Waals surface area contributed by atoms with Gasteiger partial charge in [0.05, 0.1) is 18.1 Å². The molecule has 3 heterocycles. The lowest BCUT2D eigenvalue weighted by molar-refractivity contribution is -0.144. The van der Waals surface area contributed by atoms with Crippen molar-refractivity contribution in [1.29, 1.82) is 0 Å². The van der Waals surface area contributed by atoms with E-state index in [0.717, 1.165) is 12.8 Å². The van der Waals surface area contributed by atoms with Gasteiger partial charge in [-0.3, -0.25) is 9.59 Å². The van der Waals surface area contributed by atoms with E-state index in [4.69, 9.17) is 11.6 Å². The molecule has 2 fully saturated rings. The molecule has 2 aromatic heterocycles. The number of nitrogens with zero attached hydrogens (tertiary/aromatic N) is 4. The molecule has 2 aliphatic rings. The molecular weight excluding hydrogens is 438 g/mol. The number of benzene rings is 1. The van der Waals surface area contributed by atoms with Crippen LogP contribution in [0.3, 0.4) is 0 Å². The highest BCUT2D eigenvalue weighted by atomic mass is 35.5. The number of aromatic nitrogens is 3. The fraction of sp³-hybridized carbons (Fsp3) is 0.348. The first-order chi connectivity index (χ1) is 15.2. The molecule has 0 radical (unpaired) electrons. The smallest absolute Gasteiger partial charge is 0.277 e. The van der Waals surface area contributed by atoms with Crippen molar-refractivity contribution in [2.45, 2.75) is 32.0 Å². The highest BCUT2D eigenvalue weighted by Gasteiger charge is 2.41. The van der Waals surface area contributed by atoms with Crippen molar-refractivity contribution in [2.24, 2.45) is 5.92 Å². The van der Waals surface area contributed by atoms with Crippen LogP contribution in [-0.4, -0.2) is 43.7 Å². The minimum atomic E-state index is -1.39. The zero-order chi connectivity index (χ0) is 22.6. The third-order valence-electron chi connectivity index (χ3n) is 5.64. The van der Waals surface area contributed by atoms with Gasteiger partial charge in [-0.25, -0.2) is 13.3 Å². The highest BCUT2D eigenvalue weighted by molar-refractivity contribution is 6.31. The molecule has 3 aromatic rings. The molecule has 0 N–H and O–H groups in total. The van der Waals surface area contributed by atoms with E-state index >= 15 is 0 Å². The zero-order valence-electron chi connectivity index (χ0n) is 17.2. The van der Waals surface area contributed by atoms with Crippen molar-refractivity contribution in [3.05, 3.63) is 57.5 Å². The van der Waals surface area contributed by atoms with Gasteiger partial charge in [-0.05, 0) is 43.4 Å². The Labute approximate surface area is 187 Å². The maximum Gasteiger partial charge on any atom is 0.277 e. The summed E-state index contributed by atoms with van der Waals surface area (Å²) in [6.45, 7) is 1.24. The molecule has 1 amide bonds. The van der Waals surface area contributed by atoms with Gasteiger partial charge in [0, 0.05) is 23.9 Å². The van der Waals surface area contributed by atoms with Gasteiger partial charge in [0.2, 0.25) is 5.91 Å². The van der Waals surface area contributed by atoms with Crippen LogP contribution >= 0.6 is 11.6 Å². The Bertz CT molecular complexity index is 1370. The van der Waals surface area contributed by atoms with Crippen LogP contribution in [0.15, 0.2) is 35.4 Å². The molecule has 5 rings (SSSR count). The number of carbonyl (C=O) groups excluding carboxylic acids is 1. The summed E-state index contributed by atoms with van der Waals surface area (Å²) in [5.41, 5.74) is -0.304. The molecular formula is C23H19ClF2N4O2. The van der Waals surface area contributed by atoms with Crippen molar-refractivity contribution in [3.63, 3.8) is 0 Å². The fourth-order valence-corrected chi connectivity index (χ4v) is 3.98. The quantitative estimate of drug-likeness (QED) is 0.568. The van der Waals surface area contributed by atoms with Gasteiger partial charge in [-0.15, -0.1) is 0 Å². The van der Waals surface area contributed by atoms with E-state index < -0.39 is 17.0 Å². The monoisotopic (exact) mass is 456 g/mol. The first-order valence-corrected chi connectivity index (χ1v) is 10.6. The van der Waals surface area contributed by atoms with Gasteiger partial charge in [0.1, 0.15) is 29.2 Å². The number of likely N-dealkylation sites (tertiary alicyclic amines) is 1. The Morgan fingerprint density at radius 2 is 2.06 bits per heavy atom. The van der Waals surface area contributed by atoms with Crippen molar-refractivity contribution in [2.75, 3.05) is 13.1 Å². The van der Waals surface area contributed by atoms with Gasteiger partial charge < -0.3 is 9.47 Å². The van der Waals surface area contributed by atoms with Crippen LogP contribution in [0.4, 0.5) is 8.78 Å². The van der Waals surface area contributed by atoms with Crippen LogP contribution < -0.4 is 5.56 Å². The molecule has 1 aliphatic carbocycles. The van der Waals surface area contributed by atoms with Crippen LogP contribution in [0.2, 0.25) is 5.02 Å². The van der Waals surface area contributed by atoms with E-state index in [1.807, 2.05) is 0 Å². The lowest BCUT2D eigenvalue weighted by Crippen LogP contribution is -2.60. The lowest BCUT2D eigenvalue weighted by Gasteiger charge is -2.42. The van der Waals surface area contributed by atoms with Gasteiger partial charge in [0.25, 0.3) is 5.56 Å². The zero-order valence-corrected chi connectivity index (χ0v) is 18.0. The van der Waals surface area contributed by atoms with Crippen LogP contribution in [0.25, 0.3) is 16.6 Å². The molecule has 1 aromatic carbocycles. The maximum absolute atomic E-state index is 13.8. The SMILES string of the molecule is CC1(F)CN(C(=O)Cn2ccn3nc(C#CC4CC4)c(-c4ccc(F)c(Cl)c4)c3c2=O)C1. The maximum atomic E-state index is 13.8. The summed E-state index contributed by atoms with van der Waals surface area (Å²) in [5.74, 6) is 5.58. The van der Waals surface area contributed by atoms with Crippen molar-refractivity contribution < 1.29 is 13.6 Å². The first kappa shape index (κ1) is 20.7. The van der Waals surface area contributed by atoms with E-state index in [2.05, 4.69) is 16.9 Å². The van der Waals surface area contributed by atoms with Crippen molar-refractivity contribution in [3.8, 4) is 23.0 Å². The number of rotatable bonds is 3. The predicted molar refractivity (Wildman–Crippen MR) is 116 cm³/mol. The normalized spacial score (nSPS) is 17.1. The second-order valence-electron chi connectivity index (χ2n) is 8.58. The van der Waals surface area contributed by atoms with E-state index in [1.54, 1.807) is 6.20 Å². The number of hydrogen-bond donors (Lipinski definition) is 0. The molecule has 0 unspecified atom stereocenters. The largest absolute Gasteiger partial charge is 0.335 e. The molecule has 1 saturated heterocycles. The highest BCUT2D eigenvalue weighted by Crippen LogP contribution is 2.31. The summed E-state index contributed by atoms with van der Waals surface area (Å²) in [6.07, 6.45) is 5.09. The van der Waals surface area contributed by atoms with E-state index in [-0.39, 0.29) is 36.1 Å². The Kier molecular flexibility index (Phi) is 4.82. The fourth-order valence-electron chi connectivity index (χ4n) is 3.80. The van der Waals surface area contributed by atoms with Crippen LogP contribution in [0.5, 0.6) is 0 Å². The number of alkyl halides is 1. The number of hydrogen-bond acceptors (Lipinski definition) is 3. The summed E-state index contributed by atoms with van der Waals surface area (Å²) in [5, 5.41) is 4.37. The van der Waals surface area contributed by atoms with Crippen molar-refractivity contribution in [1.82, 2.24) is 19.1 Å². The van der Waals surface area contributed by atoms with Gasteiger partial charge in [0.15, 0.2) is 0 Å². The van der Waals surface area contributed by atoms with Crippen molar-refractivity contribution >= 4 is 23.0 Å². The summed E-state index contributed by atoms with van der Waals surface area (Å²) in [4.78, 5) is 27.2. The van der Waals surface area contributed by atoms with Gasteiger partial charge >= 0.3 is 0 Å². The van der Waals surface area contributed by atoms with Crippen LogP contribution in [0, 0.1) is 23.6 Å². The standard InChI is InChI=1S/C23H19ClF2N4O2/c1-23(26)12-29(13-23)19(31)11-28-8-9-30-21(22(28)32)20(15-5-6-17(25)16(24)10-15)18(27-30)7-4-14-2-3-14/h5-6,8-10,14H,2-3,11-13H2,1H3. The third kappa shape index (κ3) is 3.78. The molecule has 1 saturated carbocycles. The lowest BCUT2D eigenvalue weighted by atomic mass is 9.99. The minimum Gasteiger partial charge on any atom is -0.335 e. The molecule has 0 bridgehead atoms. The Balaban J connectivity index is 1.60. The van der Waals surface area contributed by atoms with Gasteiger partial charge in [-0.2, -0.15) is 5.10 Å². The molecule has 9 heteroatoms. The second-order valence-corrected chi connectivity index (χ2v) is 8.99. The molecule has 32 heavy (non-hydrogen) atoms. The van der Waals surface area contributed by atoms with E-state index in [0.29, 0.717) is 22.7 Å². The number of halogens is 3. The van der Waals surface area contributed by atoms with Gasteiger partial charge in [-0.1, -0.05) is 23.6 Å². The summed E-state index contributed by atoms with van der Waals surface area (Å²) >= 11 is 5.99. The summed E-state index contributed by atoms with van der Waals surface area (Å²) < 4.78 is 30.2. The Morgan fingerprint density at radius 1 is 1.31 bits per heavy atom. The summed E-state index contributed by atoms with van der Waals surface area (Å²) in [7, 11) is 0. The predicted octanol–water partition coefficient (Wildman–Crippen LogP) is 3.29. The first-order valence-electron chi connectivity index (χ1n) is 10.3. The number of fused-ring (bicyclic) bond motifs is 1. The molecule has 0 spiro atoms. The molecule has 1 aliphatic heterocycles. The van der Waals surface area contributed by atoms with E-state index in [1.165, 1.54) is 45.3 Å².